The Balaban J connectivity index is 1.64. The Labute approximate surface area is 147 Å². The second kappa shape index (κ2) is 7.53. The van der Waals surface area contributed by atoms with E-state index in [0.29, 0.717) is 24.1 Å². The van der Waals surface area contributed by atoms with Crippen LogP contribution < -0.4 is 4.90 Å². The zero-order valence-electron chi connectivity index (χ0n) is 13.9. The molecule has 2 atom stereocenters. The van der Waals surface area contributed by atoms with E-state index in [0.717, 1.165) is 31.6 Å². The molecule has 2 unspecified atom stereocenters. The second-order valence-corrected chi connectivity index (χ2v) is 7.07. The van der Waals surface area contributed by atoms with Gasteiger partial charge in [0.05, 0.1) is 12.5 Å². The first kappa shape index (κ1) is 17.2. The van der Waals surface area contributed by atoms with Gasteiger partial charge in [0.15, 0.2) is 0 Å². The molecule has 24 heavy (non-hydrogen) atoms. The number of carbonyl (C=O) groups excluding carboxylic acids is 2. The number of rotatable bonds is 4. The molecule has 0 aromatic heterocycles. The normalized spacial score (nSPS) is 24.5. The van der Waals surface area contributed by atoms with Gasteiger partial charge in [0.1, 0.15) is 0 Å². The van der Waals surface area contributed by atoms with Crippen molar-refractivity contribution in [1.82, 2.24) is 4.90 Å². The first-order valence-electron chi connectivity index (χ1n) is 8.42. The van der Waals surface area contributed by atoms with E-state index in [1.807, 2.05) is 17.0 Å². The smallest absolute Gasteiger partial charge is 0.228 e. The Morgan fingerprint density at radius 2 is 2.04 bits per heavy atom. The molecule has 2 saturated heterocycles. The molecular weight excluding hydrogens is 328 g/mol. The minimum Gasteiger partial charge on any atom is -0.384 e. The van der Waals surface area contributed by atoms with E-state index in [9.17, 15) is 9.59 Å². The highest BCUT2D eigenvalue weighted by molar-refractivity contribution is 6.30. The van der Waals surface area contributed by atoms with Gasteiger partial charge in [0.2, 0.25) is 11.8 Å². The van der Waals surface area contributed by atoms with Gasteiger partial charge in [-0.1, -0.05) is 11.6 Å². The Hall–Kier alpha value is -1.59. The lowest BCUT2D eigenvalue weighted by molar-refractivity contribution is -0.138. The number of benzene rings is 1. The largest absolute Gasteiger partial charge is 0.384 e. The molecule has 0 saturated carbocycles. The summed E-state index contributed by atoms with van der Waals surface area (Å²) in [6, 6.07) is 7.17. The average molecular weight is 351 g/mol. The third-order valence-corrected chi connectivity index (χ3v) is 5.10. The van der Waals surface area contributed by atoms with E-state index in [1.54, 1.807) is 24.1 Å². The molecule has 5 nitrogen and oxygen atoms in total. The monoisotopic (exact) mass is 350 g/mol. The lowest BCUT2D eigenvalue weighted by atomic mass is 9.97. The molecule has 3 rings (SSSR count). The Morgan fingerprint density at radius 1 is 1.29 bits per heavy atom. The molecule has 1 aromatic carbocycles. The quantitative estimate of drug-likeness (QED) is 0.838. The number of ether oxygens (including phenoxy) is 1. The first-order chi connectivity index (χ1) is 11.6. The Kier molecular flexibility index (Phi) is 5.41. The van der Waals surface area contributed by atoms with Crippen molar-refractivity contribution in [2.24, 2.45) is 11.8 Å². The third-order valence-electron chi connectivity index (χ3n) is 4.85. The van der Waals surface area contributed by atoms with E-state index in [1.165, 1.54) is 0 Å². The van der Waals surface area contributed by atoms with Crippen LogP contribution in [0.2, 0.25) is 5.02 Å². The molecule has 0 aliphatic carbocycles. The average Bonchev–Trinajstić information content (AvgIpc) is 2.97. The summed E-state index contributed by atoms with van der Waals surface area (Å²) in [5.74, 6) is 0.244. The third kappa shape index (κ3) is 3.73. The van der Waals surface area contributed by atoms with Crippen LogP contribution in [0.4, 0.5) is 5.69 Å². The number of piperidine rings is 1. The summed E-state index contributed by atoms with van der Waals surface area (Å²) < 4.78 is 5.23. The van der Waals surface area contributed by atoms with E-state index >= 15 is 0 Å². The molecule has 2 aliphatic rings. The summed E-state index contributed by atoms with van der Waals surface area (Å²) >= 11 is 5.90. The van der Waals surface area contributed by atoms with Gasteiger partial charge >= 0.3 is 0 Å². The van der Waals surface area contributed by atoms with Gasteiger partial charge < -0.3 is 14.5 Å². The van der Waals surface area contributed by atoms with Crippen molar-refractivity contribution < 1.29 is 14.3 Å². The van der Waals surface area contributed by atoms with Crippen LogP contribution in [0.1, 0.15) is 19.3 Å². The number of hydrogen-bond acceptors (Lipinski definition) is 3. The summed E-state index contributed by atoms with van der Waals surface area (Å²) in [5, 5.41) is 0.635. The van der Waals surface area contributed by atoms with E-state index in [4.69, 9.17) is 16.3 Å². The van der Waals surface area contributed by atoms with Crippen LogP contribution in [0, 0.1) is 11.8 Å². The molecule has 2 aliphatic heterocycles. The molecule has 2 heterocycles. The van der Waals surface area contributed by atoms with E-state index in [-0.39, 0.29) is 24.2 Å². The maximum Gasteiger partial charge on any atom is 0.228 e. The number of likely N-dealkylation sites (tertiary alicyclic amines) is 1. The highest BCUT2D eigenvalue weighted by Gasteiger charge is 2.38. The van der Waals surface area contributed by atoms with Crippen LogP contribution in [0.25, 0.3) is 0 Å². The fourth-order valence-electron chi connectivity index (χ4n) is 3.64. The van der Waals surface area contributed by atoms with Crippen LogP contribution in [-0.4, -0.2) is 50.1 Å². The second-order valence-electron chi connectivity index (χ2n) is 6.63. The molecule has 0 bridgehead atoms. The summed E-state index contributed by atoms with van der Waals surface area (Å²) in [7, 11) is 1.69. The molecule has 1 aromatic rings. The number of hydrogen-bond donors (Lipinski definition) is 0. The lowest BCUT2D eigenvalue weighted by Crippen LogP contribution is -2.44. The summed E-state index contributed by atoms with van der Waals surface area (Å²) in [4.78, 5) is 28.7. The summed E-state index contributed by atoms with van der Waals surface area (Å²) in [6.07, 6.45) is 2.38. The Morgan fingerprint density at radius 3 is 2.75 bits per heavy atom. The van der Waals surface area contributed by atoms with Crippen molar-refractivity contribution in [2.75, 3.05) is 38.3 Å². The lowest BCUT2D eigenvalue weighted by Gasteiger charge is -2.34. The van der Waals surface area contributed by atoms with Gasteiger partial charge in [-0.3, -0.25) is 9.59 Å². The molecule has 130 valence electrons. The topological polar surface area (TPSA) is 49.9 Å². The van der Waals surface area contributed by atoms with Gasteiger partial charge in [-0.2, -0.15) is 0 Å². The standard InChI is InChI=1S/C18H23ClN2O3/c1-24-12-13-3-2-8-20(10-13)18(23)14-9-17(22)21(11-14)16-6-4-15(19)5-7-16/h4-7,13-14H,2-3,8-12H2,1H3. The van der Waals surface area contributed by atoms with Crippen molar-refractivity contribution >= 4 is 29.1 Å². The number of halogens is 1. The Bertz CT molecular complexity index is 603. The van der Waals surface area contributed by atoms with Gasteiger partial charge in [0, 0.05) is 43.9 Å². The van der Waals surface area contributed by atoms with Crippen LogP contribution >= 0.6 is 11.6 Å². The van der Waals surface area contributed by atoms with Crippen molar-refractivity contribution in [2.45, 2.75) is 19.3 Å². The minimum absolute atomic E-state index is 0.00104. The van der Waals surface area contributed by atoms with Crippen molar-refractivity contribution in [3.8, 4) is 0 Å². The number of carbonyl (C=O) groups is 2. The SMILES string of the molecule is COCC1CCCN(C(=O)C2CC(=O)N(c3ccc(Cl)cc3)C2)C1. The van der Waals surface area contributed by atoms with E-state index < -0.39 is 0 Å². The van der Waals surface area contributed by atoms with Crippen molar-refractivity contribution in [3.05, 3.63) is 29.3 Å². The van der Waals surface area contributed by atoms with E-state index in [2.05, 4.69) is 0 Å². The number of methoxy groups -OCH3 is 1. The molecule has 2 amide bonds. The van der Waals surface area contributed by atoms with Crippen LogP contribution in [-0.2, 0) is 14.3 Å². The van der Waals surface area contributed by atoms with Crippen LogP contribution in [0.15, 0.2) is 24.3 Å². The van der Waals surface area contributed by atoms with Crippen molar-refractivity contribution in [1.29, 1.82) is 0 Å². The molecule has 0 radical (unpaired) electrons. The van der Waals surface area contributed by atoms with Crippen molar-refractivity contribution in [3.63, 3.8) is 0 Å². The van der Waals surface area contributed by atoms with Gasteiger partial charge in [-0.25, -0.2) is 0 Å². The molecule has 0 N–H and O–H groups in total. The highest BCUT2D eigenvalue weighted by Crippen LogP contribution is 2.28. The predicted molar refractivity (Wildman–Crippen MR) is 93.1 cm³/mol. The van der Waals surface area contributed by atoms with Gasteiger partial charge in [0.25, 0.3) is 0 Å². The minimum atomic E-state index is -0.255. The highest BCUT2D eigenvalue weighted by atomic mass is 35.5. The molecule has 6 heteroatoms. The van der Waals surface area contributed by atoms with Gasteiger partial charge in [-0.15, -0.1) is 0 Å². The first-order valence-corrected chi connectivity index (χ1v) is 8.80. The molecule has 0 spiro atoms. The number of anilines is 1. The van der Waals surface area contributed by atoms with Gasteiger partial charge in [-0.05, 0) is 43.0 Å². The molecular formula is C18H23ClN2O3. The maximum atomic E-state index is 12.8. The number of nitrogens with zero attached hydrogens (tertiary/aromatic N) is 2. The fourth-order valence-corrected chi connectivity index (χ4v) is 3.76. The van der Waals surface area contributed by atoms with Crippen LogP contribution in [0.5, 0.6) is 0 Å². The zero-order chi connectivity index (χ0) is 17.1. The molecule has 2 fully saturated rings. The number of amides is 2. The fraction of sp³-hybridized carbons (Fsp3) is 0.556. The summed E-state index contributed by atoms with van der Waals surface area (Å²) in [6.45, 7) is 2.65. The maximum absolute atomic E-state index is 12.8. The zero-order valence-corrected chi connectivity index (χ0v) is 14.7. The predicted octanol–water partition coefficient (Wildman–Crippen LogP) is 2.58. The summed E-state index contributed by atoms with van der Waals surface area (Å²) in [5.41, 5.74) is 0.801. The van der Waals surface area contributed by atoms with Crippen LogP contribution in [0.3, 0.4) is 0 Å².